The minimum Gasteiger partial charge on any atom is -0.336 e. The van der Waals surface area contributed by atoms with Crippen molar-refractivity contribution in [2.45, 2.75) is 19.0 Å². The van der Waals surface area contributed by atoms with Gasteiger partial charge in [0, 0.05) is 51.9 Å². The predicted octanol–water partition coefficient (Wildman–Crippen LogP) is 0.929. The minimum absolute atomic E-state index is 0.226. The Hall–Kier alpha value is -0.950. The molecule has 1 aromatic rings. The normalized spacial score (nSPS) is 23.4. The molecule has 2 fully saturated rings. The predicted molar refractivity (Wildman–Crippen MR) is 90.5 cm³/mol. The fraction of sp³-hybridized carbons (Fsp3) is 0.688. The maximum Gasteiger partial charge on any atom is 0.264 e. The van der Waals surface area contributed by atoms with Crippen LogP contribution in [0.3, 0.4) is 0 Å². The van der Waals surface area contributed by atoms with Gasteiger partial charge >= 0.3 is 0 Å². The molecule has 1 atom stereocenters. The van der Waals surface area contributed by atoms with E-state index in [0.29, 0.717) is 6.04 Å². The molecule has 122 valence electrons. The lowest BCUT2D eigenvalue weighted by Gasteiger charge is -2.32. The molecule has 1 N–H and O–H groups in total. The monoisotopic (exact) mass is 322 g/mol. The van der Waals surface area contributed by atoms with Crippen LogP contribution in [0.25, 0.3) is 0 Å². The SMILES string of the molecule is CN(C)Cc1ccsc1C(=O)N1CCC(N2CCNCC2)C1. The van der Waals surface area contributed by atoms with Crippen molar-refractivity contribution in [2.24, 2.45) is 0 Å². The first-order chi connectivity index (χ1) is 10.6. The van der Waals surface area contributed by atoms with Crippen molar-refractivity contribution >= 4 is 17.2 Å². The average molecular weight is 322 g/mol. The molecule has 0 spiro atoms. The number of carbonyl (C=O) groups excluding carboxylic acids is 1. The fourth-order valence-corrected chi connectivity index (χ4v) is 4.29. The fourth-order valence-electron chi connectivity index (χ4n) is 3.40. The van der Waals surface area contributed by atoms with Crippen molar-refractivity contribution in [2.75, 3.05) is 53.4 Å². The van der Waals surface area contributed by atoms with Crippen LogP contribution in [0.15, 0.2) is 11.4 Å². The van der Waals surface area contributed by atoms with E-state index in [1.807, 2.05) is 19.5 Å². The summed E-state index contributed by atoms with van der Waals surface area (Å²) in [5.74, 6) is 0.226. The van der Waals surface area contributed by atoms with Crippen molar-refractivity contribution in [1.29, 1.82) is 0 Å². The molecular weight excluding hydrogens is 296 g/mol. The highest BCUT2D eigenvalue weighted by atomic mass is 32.1. The number of rotatable bonds is 4. The molecule has 0 saturated carbocycles. The zero-order valence-electron chi connectivity index (χ0n) is 13.5. The first kappa shape index (κ1) is 15.9. The molecule has 0 radical (unpaired) electrons. The lowest BCUT2D eigenvalue weighted by molar-refractivity contribution is 0.0776. The summed E-state index contributed by atoms with van der Waals surface area (Å²) in [6.07, 6.45) is 1.11. The highest BCUT2D eigenvalue weighted by molar-refractivity contribution is 7.12. The van der Waals surface area contributed by atoms with Crippen LogP contribution in [0.2, 0.25) is 0 Å². The van der Waals surface area contributed by atoms with Crippen molar-refractivity contribution in [3.63, 3.8) is 0 Å². The number of likely N-dealkylation sites (tertiary alicyclic amines) is 1. The van der Waals surface area contributed by atoms with Crippen molar-refractivity contribution < 1.29 is 4.79 Å². The molecule has 2 aliphatic heterocycles. The zero-order chi connectivity index (χ0) is 15.5. The Morgan fingerprint density at radius 3 is 2.86 bits per heavy atom. The van der Waals surface area contributed by atoms with Gasteiger partial charge in [0.15, 0.2) is 0 Å². The Balaban J connectivity index is 1.62. The first-order valence-electron chi connectivity index (χ1n) is 8.10. The second kappa shape index (κ2) is 7.08. The molecule has 6 heteroatoms. The van der Waals surface area contributed by atoms with Gasteiger partial charge in [-0.3, -0.25) is 9.69 Å². The largest absolute Gasteiger partial charge is 0.336 e. The maximum absolute atomic E-state index is 12.8. The molecule has 3 rings (SSSR count). The zero-order valence-corrected chi connectivity index (χ0v) is 14.4. The molecule has 0 aromatic carbocycles. The Bertz CT molecular complexity index is 510. The molecule has 2 saturated heterocycles. The number of nitrogens with zero attached hydrogens (tertiary/aromatic N) is 3. The molecule has 1 aromatic heterocycles. The van der Waals surface area contributed by atoms with Gasteiger partial charge in [-0.15, -0.1) is 11.3 Å². The summed E-state index contributed by atoms with van der Waals surface area (Å²) >= 11 is 1.58. The van der Waals surface area contributed by atoms with E-state index >= 15 is 0 Å². The van der Waals surface area contributed by atoms with E-state index in [4.69, 9.17) is 0 Å². The summed E-state index contributed by atoms with van der Waals surface area (Å²) in [5.41, 5.74) is 1.16. The summed E-state index contributed by atoms with van der Waals surface area (Å²) in [5, 5.41) is 5.43. The lowest BCUT2D eigenvalue weighted by atomic mass is 10.2. The number of hydrogen-bond acceptors (Lipinski definition) is 5. The van der Waals surface area contributed by atoms with Crippen LogP contribution in [-0.4, -0.2) is 80.0 Å². The third-order valence-electron chi connectivity index (χ3n) is 4.55. The topological polar surface area (TPSA) is 38.8 Å². The average Bonchev–Trinajstić information content (AvgIpc) is 3.16. The Kier molecular flexibility index (Phi) is 5.13. The van der Waals surface area contributed by atoms with E-state index in [0.717, 1.165) is 62.7 Å². The summed E-state index contributed by atoms with van der Waals surface area (Å²) in [4.78, 5) is 20.5. The van der Waals surface area contributed by atoms with Gasteiger partial charge in [0.1, 0.15) is 0 Å². The van der Waals surface area contributed by atoms with Crippen LogP contribution in [0, 0.1) is 0 Å². The number of hydrogen-bond donors (Lipinski definition) is 1. The third kappa shape index (κ3) is 3.51. The molecule has 5 nitrogen and oxygen atoms in total. The first-order valence-corrected chi connectivity index (χ1v) is 8.98. The van der Waals surface area contributed by atoms with Gasteiger partial charge in [0.25, 0.3) is 5.91 Å². The highest BCUT2D eigenvalue weighted by Gasteiger charge is 2.32. The van der Waals surface area contributed by atoms with Gasteiger partial charge in [-0.1, -0.05) is 0 Å². The Morgan fingerprint density at radius 2 is 2.14 bits per heavy atom. The van der Waals surface area contributed by atoms with Crippen LogP contribution in [0.4, 0.5) is 0 Å². The van der Waals surface area contributed by atoms with Gasteiger partial charge in [-0.25, -0.2) is 0 Å². The van der Waals surface area contributed by atoms with Gasteiger partial charge < -0.3 is 15.1 Å². The molecule has 1 unspecified atom stereocenters. The number of thiophene rings is 1. The van der Waals surface area contributed by atoms with E-state index in [1.54, 1.807) is 11.3 Å². The summed E-state index contributed by atoms with van der Waals surface area (Å²) in [6, 6.07) is 2.63. The Morgan fingerprint density at radius 1 is 1.36 bits per heavy atom. The van der Waals surface area contributed by atoms with E-state index in [2.05, 4.69) is 26.1 Å². The highest BCUT2D eigenvalue weighted by Crippen LogP contribution is 2.24. The quantitative estimate of drug-likeness (QED) is 0.895. The molecular formula is C16H26N4OS. The van der Waals surface area contributed by atoms with Crippen LogP contribution in [0.5, 0.6) is 0 Å². The number of piperazine rings is 1. The van der Waals surface area contributed by atoms with Crippen LogP contribution >= 0.6 is 11.3 Å². The molecule has 22 heavy (non-hydrogen) atoms. The standard InChI is InChI=1S/C16H26N4OS/c1-18(2)11-13-4-10-22-15(13)16(21)20-7-3-14(12-20)19-8-5-17-6-9-19/h4,10,14,17H,3,5-9,11-12H2,1-2H3. The second-order valence-corrected chi connectivity index (χ2v) is 7.41. The van der Waals surface area contributed by atoms with Crippen molar-refractivity contribution in [3.05, 3.63) is 21.9 Å². The van der Waals surface area contributed by atoms with Crippen molar-refractivity contribution in [1.82, 2.24) is 20.0 Å². The van der Waals surface area contributed by atoms with Crippen LogP contribution < -0.4 is 5.32 Å². The van der Waals surface area contributed by atoms with Crippen LogP contribution in [0.1, 0.15) is 21.7 Å². The molecule has 1 amide bonds. The maximum atomic E-state index is 12.8. The number of nitrogens with one attached hydrogen (secondary N) is 1. The van der Waals surface area contributed by atoms with Crippen LogP contribution in [-0.2, 0) is 6.54 Å². The number of carbonyl (C=O) groups is 1. The van der Waals surface area contributed by atoms with E-state index in [9.17, 15) is 4.79 Å². The third-order valence-corrected chi connectivity index (χ3v) is 5.49. The lowest BCUT2D eigenvalue weighted by Crippen LogP contribution is -2.49. The van der Waals surface area contributed by atoms with Gasteiger partial charge in [0.05, 0.1) is 4.88 Å². The Labute approximate surface area is 136 Å². The van der Waals surface area contributed by atoms with E-state index < -0.39 is 0 Å². The summed E-state index contributed by atoms with van der Waals surface area (Å²) in [6.45, 7) is 6.98. The van der Waals surface area contributed by atoms with E-state index in [1.165, 1.54) is 0 Å². The number of amides is 1. The van der Waals surface area contributed by atoms with E-state index in [-0.39, 0.29) is 5.91 Å². The molecule has 2 aliphatic rings. The minimum atomic E-state index is 0.226. The van der Waals surface area contributed by atoms with Gasteiger partial charge in [-0.05, 0) is 37.5 Å². The summed E-state index contributed by atoms with van der Waals surface area (Å²) < 4.78 is 0. The molecule has 0 bridgehead atoms. The second-order valence-electron chi connectivity index (χ2n) is 6.49. The molecule has 0 aliphatic carbocycles. The summed E-state index contributed by atoms with van der Waals surface area (Å²) in [7, 11) is 4.09. The van der Waals surface area contributed by atoms with Gasteiger partial charge in [0.2, 0.25) is 0 Å². The smallest absolute Gasteiger partial charge is 0.264 e. The van der Waals surface area contributed by atoms with Gasteiger partial charge in [-0.2, -0.15) is 0 Å². The van der Waals surface area contributed by atoms with Crippen molar-refractivity contribution in [3.8, 4) is 0 Å². The molecule has 3 heterocycles.